The van der Waals surface area contributed by atoms with Gasteiger partial charge < -0.3 is 10.0 Å². The van der Waals surface area contributed by atoms with E-state index in [1.165, 1.54) is 0 Å². The summed E-state index contributed by atoms with van der Waals surface area (Å²) in [6, 6.07) is 3.66. The summed E-state index contributed by atoms with van der Waals surface area (Å²) in [5, 5.41) is 15.0. The van der Waals surface area contributed by atoms with E-state index < -0.39 is 35.4 Å². The number of halogens is 3. The average molecular weight is 418 g/mol. The highest BCUT2D eigenvalue weighted by atomic mass is 32.2. The first-order valence-corrected chi connectivity index (χ1v) is 10.5. The normalized spacial score (nSPS) is 14.1. The van der Waals surface area contributed by atoms with Gasteiger partial charge in [-0.15, -0.1) is 0 Å². The van der Waals surface area contributed by atoms with Crippen LogP contribution in [0.2, 0.25) is 0 Å². The molecule has 28 heavy (non-hydrogen) atoms. The van der Waals surface area contributed by atoms with Crippen molar-refractivity contribution in [3.63, 3.8) is 0 Å². The summed E-state index contributed by atoms with van der Waals surface area (Å²) < 4.78 is 50.1. The van der Waals surface area contributed by atoms with Crippen molar-refractivity contribution in [3.8, 4) is 5.69 Å². The molecule has 0 radical (unpaired) electrons. The number of anilines is 1. The van der Waals surface area contributed by atoms with Crippen molar-refractivity contribution < 1.29 is 22.5 Å². The fourth-order valence-electron chi connectivity index (χ4n) is 2.65. The van der Waals surface area contributed by atoms with Crippen molar-refractivity contribution in [3.05, 3.63) is 36.4 Å². The highest BCUT2D eigenvalue weighted by Crippen LogP contribution is 2.24. The molecule has 2 aromatic heterocycles. The van der Waals surface area contributed by atoms with Crippen LogP contribution in [0.25, 0.3) is 5.69 Å². The molecule has 0 saturated heterocycles. The highest BCUT2D eigenvalue weighted by Gasteiger charge is 2.28. The zero-order chi connectivity index (χ0) is 20.7. The van der Waals surface area contributed by atoms with Crippen molar-refractivity contribution in [1.29, 1.82) is 0 Å². The van der Waals surface area contributed by atoms with E-state index in [-0.39, 0.29) is 12.2 Å². The number of aromatic nitrogens is 3. The lowest BCUT2D eigenvalue weighted by atomic mass is 10.2. The Morgan fingerprint density at radius 1 is 1.36 bits per heavy atom. The number of aliphatic hydroxyl groups is 1. The number of aliphatic hydroxyl groups excluding tert-OH is 1. The Balaban J connectivity index is 2.04. The maximum absolute atomic E-state index is 12.2. The van der Waals surface area contributed by atoms with Crippen molar-refractivity contribution >= 4 is 16.5 Å². The van der Waals surface area contributed by atoms with Gasteiger partial charge in [-0.2, -0.15) is 18.3 Å². The maximum Gasteiger partial charge on any atom is 0.390 e. The predicted molar refractivity (Wildman–Crippen MR) is 103 cm³/mol. The topological polar surface area (TPSA) is 71.2 Å². The number of alkyl halides is 3. The van der Waals surface area contributed by atoms with Crippen LogP contribution < -0.4 is 4.90 Å². The van der Waals surface area contributed by atoms with Gasteiger partial charge >= 0.3 is 6.18 Å². The minimum atomic E-state index is -4.32. The molecule has 0 spiro atoms. The van der Waals surface area contributed by atoms with Crippen LogP contribution in [0.4, 0.5) is 18.9 Å². The van der Waals surface area contributed by atoms with E-state index in [2.05, 4.69) is 10.1 Å². The van der Waals surface area contributed by atoms with Gasteiger partial charge in [-0.3, -0.25) is 9.19 Å². The summed E-state index contributed by atoms with van der Waals surface area (Å²) in [7, 11) is 0.0585. The molecule has 2 atom stereocenters. The molecule has 0 saturated carbocycles. The molecule has 10 heteroatoms. The lowest BCUT2D eigenvalue weighted by Crippen LogP contribution is -2.33. The number of rotatable bonds is 10. The Bertz CT molecular complexity index is 768. The predicted octanol–water partition coefficient (Wildman–Crippen LogP) is 3.07. The Kier molecular flexibility index (Phi) is 7.99. The molecule has 2 rings (SSSR count). The third kappa shape index (κ3) is 6.59. The number of pyridine rings is 1. The number of hydrogen-bond acceptors (Lipinski definition) is 5. The van der Waals surface area contributed by atoms with Crippen LogP contribution in [-0.2, 0) is 17.2 Å². The van der Waals surface area contributed by atoms with Crippen LogP contribution in [0.1, 0.15) is 31.9 Å². The summed E-state index contributed by atoms with van der Waals surface area (Å²) in [6.45, 7) is 2.02. The van der Waals surface area contributed by atoms with E-state index in [0.29, 0.717) is 6.42 Å². The third-order valence-corrected chi connectivity index (χ3v) is 5.56. The molecule has 0 aliphatic carbocycles. The third-order valence-electron chi connectivity index (χ3n) is 4.21. The van der Waals surface area contributed by atoms with E-state index in [1.807, 2.05) is 13.0 Å². The Hall–Kier alpha value is -1.94. The molecule has 2 heterocycles. The van der Waals surface area contributed by atoms with Gasteiger partial charge in [0.2, 0.25) is 0 Å². The zero-order valence-corrected chi connectivity index (χ0v) is 16.7. The number of nitrogens with zero attached hydrogens (tertiary/aromatic N) is 4. The lowest BCUT2D eigenvalue weighted by molar-refractivity contribution is -0.129. The van der Waals surface area contributed by atoms with Gasteiger partial charge in [0.1, 0.15) is 6.23 Å². The molecule has 2 aromatic rings. The van der Waals surface area contributed by atoms with E-state index in [4.69, 9.17) is 0 Å². The molecule has 0 aromatic carbocycles. The van der Waals surface area contributed by atoms with Gasteiger partial charge in [-0.1, -0.05) is 13.3 Å². The standard InChI is InChI=1S/C18H25F3N4O2S/c1-3-5-15-16(13-25(23-15)14-6-4-9-22-12-14)24(2)17(26)7-10-28(27)11-8-18(19,20)21/h4,6,9,12-13,17,26H,3,5,7-8,10-11H2,1-2H3. The smallest absolute Gasteiger partial charge is 0.374 e. The second kappa shape index (κ2) is 10.0. The van der Waals surface area contributed by atoms with Crippen LogP contribution in [0, 0.1) is 0 Å². The first kappa shape index (κ1) is 22.4. The SMILES string of the molecule is CCCc1nn(-c2cccnc2)cc1N(C)C(O)CCS(=O)CCC(F)(F)F. The Morgan fingerprint density at radius 2 is 2.11 bits per heavy atom. The monoisotopic (exact) mass is 418 g/mol. The summed E-state index contributed by atoms with van der Waals surface area (Å²) in [5.41, 5.74) is 2.30. The minimum Gasteiger partial charge on any atom is -0.374 e. The molecule has 156 valence electrons. The van der Waals surface area contributed by atoms with E-state index >= 15 is 0 Å². The van der Waals surface area contributed by atoms with Gasteiger partial charge in [-0.05, 0) is 18.6 Å². The fraction of sp³-hybridized carbons (Fsp3) is 0.556. The number of aryl methyl sites for hydroxylation is 1. The van der Waals surface area contributed by atoms with Gasteiger partial charge in [0.05, 0.1) is 35.9 Å². The molecule has 0 amide bonds. The Labute approximate surface area is 164 Å². The summed E-state index contributed by atoms with van der Waals surface area (Å²) in [6.07, 6.45) is 0.417. The van der Waals surface area contributed by atoms with Gasteiger partial charge in [0.15, 0.2) is 0 Å². The van der Waals surface area contributed by atoms with Crippen LogP contribution >= 0.6 is 0 Å². The van der Waals surface area contributed by atoms with E-state index in [1.54, 1.807) is 41.3 Å². The number of hydrogen-bond donors (Lipinski definition) is 1. The summed E-state index contributed by atoms with van der Waals surface area (Å²) >= 11 is 0. The lowest BCUT2D eigenvalue weighted by Gasteiger charge is -2.25. The van der Waals surface area contributed by atoms with Crippen LogP contribution in [0.5, 0.6) is 0 Å². The quantitative estimate of drug-likeness (QED) is 0.601. The van der Waals surface area contributed by atoms with Crippen molar-refractivity contribution in [2.75, 3.05) is 23.5 Å². The highest BCUT2D eigenvalue weighted by molar-refractivity contribution is 7.84. The molecule has 2 unspecified atom stereocenters. The largest absolute Gasteiger partial charge is 0.390 e. The first-order valence-electron chi connectivity index (χ1n) is 9.03. The molecular weight excluding hydrogens is 393 g/mol. The van der Waals surface area contributed by atoms with Crippen molar-refractivity contribution in [1.82, 2.24) is 14.8 Å². The zero-order valence-electron chi connectivity index (χ0n) is 15.9. The second-order valence-corrected chi connectivity index (χ2v) is 8.16. The van der Waals surface area contributed by atoms with E-state index in [0.717, 1.165) is 23.5 Å². The van der Waals surface area contributed by atoms with Gasteiger partial charge in [-0.25, -0.2) is 4.68 Å². The molecule has 0 aliphatic heterocycles. The molecule has 1 N–H and O–H groups in total. The molecule has 0 fully saturated rings. The van der Waals surface area contributed by atoms with Gasteiger partial charge in [0.25, 0.3) is 0 Å². The van der Waals surface area contributed by atoms with Crippen molar-refractivity contribution in [2.24, 2.45) is 0 Å². The van der Waals surface area contributed by atoms with Crippen LogP contribution in [0.15, 0.2) is 30.7 Å². The molecule has 6 nitrogen and oxygen atoms in total. The molecule has 0 aliphatic rings. The van der Waals surface area contributed by atoms with Crippen molar-refractivity contribution in [2.45, 2.75) is 45.0 Å². The second-order valence-electron chi connectivity index (χ2n) is 6.46. The molecular formula is C18H25F3N4O2S. The van der Waals surface area contributed by atoms with E-state index in [9.17, 15) is 22.5 Å². The van der Waals surface area contributed by atoms with Gasteiger partial charge in [0, 0.05) is 42.0 Å². The minimum absolute atomic E-state index is 0.00143. The maximum atomic E-state index is 12.2. The summed E-state index contributed by atoms with van der Waals surface area (Å²) in [4.78, 5) is 5.69. The average Bonchev–Trinajstić information content (AvgIpc) is 3.08. The van der Waals surface area contributed by atoms with Crippen LogP contribution in [0.3, 0.4) is 0 Å². The first-order chi connectivity index (χ1) is 13.2. The summed E-state index contributed by atoms with van der Waals surface area (Å²) in [5.74, 6) is -0.443. The fourth-order valence-corrected chi connectivity index (χ4v) is 3.79. The van der Waals surface area contributed by atoms with Crippen LogP contribution in [-0.4, -0.2) is 55.0 Å². The molecule has 0 bridgehead atoms. The Morgan fingerprint density at radius 3 is 2.71 bits per heavy atom.